The number of phosphoric ester groups is 2. The van der Waals surface area contributed by atoms with Gasteiger partial charge in [0.25, 0.3) is 0 Å². The van der Waals surface area contributed by atoms with Gasteiger partial charge in [-0.1, -0.05) is 0 Å². The molecule has 4 aromatic rings. The fraction of sp³-hybridized carbons (Fsp3) is 0.400. The van der Waals surface area contributed by atoms with Gasteiger partial charge in [-0.15, -0.1) is 0 Å². The van der Waals surface area contributed by atoms with Crippen LogP contribution in [0.2, 0.25) is 0 Å². The molecular weight excluding hydrogens is 808 g/mol. The Balaban J connectivity index is 1.01. The Bertz CT molecular complexity index is 2230. The quantitative estimate of drug-likeness (QED) is 0.0638. The van der Waals surface area contributed by atoms with Crippen molar-refractivity contribution in [3.63, 3.8) is 0 Å². The summed E-state index contributed by atoms with van der Waals surface area (Å²) in [5, 5.41) is 41.6. The molecular formula is C20H26N10O19P4. The molecule has 2 aliphatic rings. The molecule has 1 saturated heterocycles. The van der Waals surface area contributed by atoms with E-state index in [1.807, 2.05) is 0 Å². The number of fused-ring (bicyclic) bond motifs is 2. The Labute approximate surface area is 292 Å². The van der Waals surface area contributed by atoms with E-state index in [1.165, 1.54) is 0 Å². The molecule has 10 atom stereocenters. The third-order valence-electron chi connectivity index (χ3n) is 7.12. The van der Waals surface area contributed by atoms with E-state index in [2.05, 4.69) is 51.9 Å². The number of hydrogen-bond donors (Lipinski definition) is 10. The van der Waals surface area contributed by atoms with Gasteiger partial charge in [-0.25, -0.2) is 52.7 Å². The number of ether oxygens (including phenoxy) is 2. The number of nitrogens with zero attached hydrogens (tertiary/aromatic N) is 8. The molecule has 0 saturated carbocycles. The van der Waals surface area contributed by atoms with E-state index in [1.54, 1.807) is 0 Å². The molecule has 6 rings (SSSR count). The van der Waals surface area contributed by atoms with Crippen molar-refractivity contribution in [3.05, 3.63) is 31.1 Å². The van der Waals surface area contributed by atoms with Crippen molar-refractivity contribution in [2.24, 2.45) is 0 Å². The summed E-state index contributed by atoms with van der Waals surface area (Å²) in [6, 6.07) is 0. The summed E-state index contributed by atoms with van der Waals surface area (Å²) >= 11 is 0. The number of aliphatic hydroxyl groups is 4. The number of aromatic nitrogens is 8. The maximum atomic E-state index is 12.4. The van der Waals surface area contributed by atoms with Crippen molar-refractivity contribution in [3.8, 4) is 0 Å². The van der Waals surface area contributed by atoms with Crippen LogP contribution < -0.4 is 11.5 Å². The fourth-order valence-corrected chi connectivity index (χ4v) is 9.79. The van der Waals surface area contributed by atoms with Crippen LogP contribution in [0.15, 0.2) is 31.1 Å². The first kappa shape index (κ1) is 39.1. The van der Waals surface area contributed by atoms with Gasteiger partial charge in [0.1, 0.15) is 42.8 Å². The van der Waals surface area contributed by atoms with Gasteiger partial charge in [-0.3, -0.25) is 13.6 Å². The van der Waals surface area contributed by atoms with Crippen LogP contribution in [-0.2, 0) is 49.7 Å². The Hall–Kier alpha value is -3.56. The standard InChI is InChI=1S/C20H26N10O19P4/c21-15-9-17(25-3-23-15)29(5-27-9)19-13(33)11(31)7(45-19)1-43-50(35,36)47-52(39,40)49-53(41,42)48-51(37,38)44-2-8-12(32)14(34)20(46-8)30-6-28-10-16(22)24-4-26-18(10)30/h3-8,11-13,19,31-34H,1-2H2,(H,35,36)(H,37,38)(H,39,40)(H,41,42)(H2,21,23,25)(H2,22,24,26)/t7-,8-,11-,12-,13-,19-/m1/s1. The highest BCUT2D eigenvalue weighted by atomic mass is 31.3. The van der Waals surface area contributed by atoms with E-state index in [9.17, 15) is 58.3 Å². The van der Waals surface area contributed by atoms with E-state index in [-0.39, 0.29) is 34.0 Å². The van der Waals surface area contributed by atoms with Crippen molar-refractivity contribution < 1.29 is 89.7 Å². The molecule has 0 aromatic carbocycles. The van der Waals surface area contributed by atoms with Gasteiger partial charge in [0.2, 0.25) is 5.88 Å². The summed E-state index contributed by atoms with van der Waals surface area (Å²) in [7, 11) is -24.0. The number of aliphatic hydroxyl groups excluding tert-OH is 4. The predicted octanol–water partition coefficient (Wildman–Crippen LogP) is -1.62. The molecule has 0 radical (unpaired) electrons. The maximum absolute atomic E-state index is 12.4. The SMILES string of the molecule is Nc1ncnc2c1ncn2C1=C(O)[C@H](O)[C@@H](COP(=O)(O)OP(=O)(O)OP(=O)(O)OP(=O)(O)OC[C@H]2O[C@@H](n3cnc4c(N)ncnc43)[C@H](O)[C@@H]2O)O1. The van der Waals surface area contributed by atoms with Crippen molar-refractivity contribution in [2.75, 3.05) is 24.7 Å². The summed E-state index contributed by atoms with van der Waals surface area (Å²) in [6.45, 7) is -2.26. The highest BCUT2D eigenvalue weighted by Crippen LogP contribution is 2.71. The van der Waals surface area contributed by atoms with Crippen LogP contribution in [0.4, 0.5) is 11.6 Å². The number of nitrogens with two attached hydrogens (primary N) is 2. The number of nitrogen functional groups attached to an aromatic ring is 2. The van der Waals surface area contributed by atoms with Crippen LogP contribution in [0, 0.1) is 0 Å². The third-order valence-corrected chi connectivity index (χ3v) is 13.0. The average molecular weight is 834 g/mol. The molecule has 0 aliphatic carbocycles. The lowest BCUT2D eigenvalue weighted by atomic mass is 10.1. The zero-order valence-corrected chi connectivity index (χ0v) is 29.4. The summed E-state index contributed by atoms with van der Waals surface area (Å²) in [5.74, 6) is -1.35. The van der Waals surface area contributed by atoms with E-state index in [4.69, 9.17) is 20.9 Å². The highest BCUT2D eigenvalue weighted by molar-refractivity contribution is 7.69. The van der Waals surface area contributed by atoms with Crippen LogP contribution in [0.5, 0.6) is 0 Å². The normalized spacial score (nSPS) is 28.1. The molecule has 0 spiro atoms. The Morgan fingerprint density at radius 3 is 1.81 bits per heavy atom. The van der Waals surface area contributed by atoms with Crippen LogP contribution in [-0.4, -0.2) is 123 Å². The first-order valence-electron chi connectivity index (χ1n) is 14.1. The second kappa shape index (κ2) is 14.3. The van der Waals surface area contributed by atoms with Gasteiger partial charge in [0, 0.05) is 0 Å². The molecule has 12 N–H and O–H groups in total. The largest absolute Gasteiger partial charge is 0.505 e. The maximum Gasteiger partial charge on any atom is 0.490 e. The minimum Gasteiger partial charge on any atom is -0.505 e. The zero-order chi connectivity index (χ0) is 38.7. The predicted molar refractivity (Wildman–Crippen MR) is 167 cm³/mol. The second-order valence-electron chi connectivity index (χ2n) is 10.7. The molecule has 290 valence electrons. The van der Waals surface area contributed by atoms with Gasteiger partial charge in [0.15, 0.2) is 52.6 Å². The van der Waals surface area contributed by atoms with E-state index < -0.39 is 92.9 Å². The monoisotopic (exact) mass is 834 g/mol. The second-order valence-corrected chi connectivity index (χ2v) is 16.9. The number of hydrogen-bond acceptors (Lipinski definition) is 23. The fourth-order valence-electron chi connectivity index (χ4n) is 4.83. The lowest BCUT2D eigenvalue weighted by molar-refractivity contribution is -0.0503. The van der Waals surface area contributed by atoms with Crippen molar-refractivity contribution in [1.82, 2.24) is 39.0 Å². The Morgan fingerprint density at radius 2 is 1.21 bits per heavy atom. The lowest BCUT2D eigenvalue weighted by Gasteiger charge is -2.21. The molecule has 53 heavy (non-hydrogen) atoms. The van der Waals surface area contributed by atoms with Gasteiger partial charge in [-0.2, -0.15) is 12.9 Å². The van der Waals surface area contributed by atoms with Crippen LogP contribution in [0.3, 0.4) is 0 Å². The molecule has 6 heterocycles. The molecule has 0 amide bonds. The molecule has 33 heteroatoms. The first-order valence-corrected chi connectivity index (χ1v) is 20.1. The van der Waals surface area contributed by atoms with Crippen molar-refractivity contribution in [1.29, 1.82) is 0 Å². The van der Waals surface area contributed by atoms with Crippen LogP contribution in [0.25, 0.3) is 28.2 Å². The van der Waals surface area contributed by atoms with E-state index in [0.717, 1.165) is 34.4 Å². The molecule has 1 fully saturated rings. The molecule has 4 aromatic heterocycles. The number of imidazole rings is 2. The van der Waals surface area contributed by atoms with E-state index in [0.29, 0.717) is 0 Å². The van der Waals surface area contributed by atoms with Gasteiger partial charge < -0.3 is 60.9 Å². The first-order chi connectivity index (χ1) is 24.7. The highest BCUT2D eigenvalue weighted by Gasteiger charge is 2.49. The minimum atomic E-state index is -6.20. The number of anilines is 2. The molecule has 0 bridgehead atoms. The van der Waals surface area contributed by atoms with Crippen molar-refractivity contribution in [2.45, 2.75) is 36.7 Å². The lowest BCUT2D eigenvalue weighted by Crippen LogP contribution is -2.33. The number of rotatable bonds is 14. The van der Waals surface area contributed by atoms with Gasteiger partial charge >= 0.3 is 31.3 Å². The molecule has 29 nitrogen and oxygen atoms in total. The zero-order valence-electron chi connectivity index (χ0n) is 25.8. The van der Waals surface area contributed by atoms with Gasteiger partial charge in [0.05, 0.1) is 19.5 Å². The van der Waals surface area contributed by atoms with E-state index >= 15 is 0 Å². The summed E-state index contributed by atoms with van der Waals surface area (Å²) in [5.41, 5.74) is 11.7. The number of phosphoric acid groups is 4. The average Bonchev–Trinajstić information content (AvgIpc) is 3.80. The topological polar surface area (TPSA) is 434 Å². The molecule has 2 aliphatic heterocycles. The minimum absolute atomic E-state index is 0.0157. The van der Waals surface area contributed by atoms with Crippen LogP contribution in [0.1, 0.15) is 6.23 Å². The smallest absolute Gasteiger partial charge is 0.490 e. The van der Waals surface area contributed by atoms with Crippen LogP contribution >= 0.6 is 31.3 Å². The van der Waals surface area contributed by atoms with Crippen molar-refractivity contribution >= 4 is 71.1 Å². The Kier molecular flexibility index (Phi) is 10.5. The third kappa shape index (κ3) is 8.26. The molecule has 4 unspecified atom stereocenters. The Morgan fingerprint density at radius 1 is 0.698 bits per heavy atom. The summed E-state index contributed by atoms with van der Waals surface area (Å²) < 4.78 is 83.1. The summed E-state index contributed by atoms with van der Waals surface area (Å²) in [6.07, 6.45) is -5.75. The summed E-state index contributed by atoms with van der Waals surface area (Å²) in [4.78, 5) is 62.9. The van der Waals surface area contributed by atoms with Gasteiger partial charge in [-0.05, 0) is 0 Å².